The fraction of sp³-hybridized carbons (Fsp3) is 0.100. The molecular weight excluding hydrogens is 228 g/mol. The Morgan fingerprint density at radius 3 is 2.56 bits per heavy atom. The van der Waals surface area contributed by atoms with Crippen LogP contribution in [0, 0.1) is 0 Å². The van der Waals surface area contributed by atoms with Crippen LogP contribution in [-0.2, 0) is 0 Å². The summed E-state index contributed by atoms with van der Waals surface area (Å²) in [7, 11) is 1.59. The molecule has 0 bridgehead atoms. The van der Waals surface area contributed by atoms with Gasteiger partial charge < -0.3 is 9.84 Å². The van der Waals surface area contributed by atoms with Crippen molar-refractivity contribution in [2.75, 3.05) is 7.11 Å². The summed E-state index contributed by atoms with van der Waals surface area (Å²) in [5.74, 6) is -0.543. The van der Waals surface area contributed by atoms with Crippen LogP contribution in [0.1, 0.15) is 10.6 Å². The van der Waals surface area contributed by atoms with Crippen molar-refractivity contribution in [1.29, 1.82) is 0 Å². The Morgan fingerprint density at radius 1 is 1.38 bits per heavy atom. The molecule has 0 fully saturated rings. The third-order valence-electron chi connectivity index (χ3n) is 1.95. The molecule has 0 aliphatic rings. The molecule has 1 heterocycles. The van der Waals surface area contributed by atoms with Crippen molar-refractivity contribution in [1.82, 2.24) is 9.36 Å². The summed E-state index contributed by atoms with van der Waals surface area (Å²) in [6, 6.07) is 7.20. The number of ether oxygens (including phenoxy) is 1. The van der Waals surface area contributed by atoms with Crippen LogP contribution >= 0.6 is 11.5 Å². The van der Waals surface area contributed by atoms with E-state index in [1.54, 1.807) is 19.2 Å². The smallest absolute Gasteiger partial charge is 0.375 e. The Balaban J connectivity index is 2.31. The molecule has 6 heteroatoms. The topological polar surface area (TPSA) is 72.3 Å². The minimum absolute atomic E-state index is 0.171. The monoisotopic (exact) mass is 236 g/mol. The van der Waals surface area contributed by atoms with Crippen LogP contribution in [-0.4, -0.2) is 27.5 Å². The summed E-state index contributed by atoms with van der Waals surface area (Å²) in [5.41, 5.74) is 0.825. The number of benzene rings is 1. The quantitative estimate of drug-likeness (QED) is 0.881. The number of hydrogen-bond donors (Lipinski definition) is 1. The Bertz CT molecular complexity index is 507. The van der Waals surface area contributed by atoms with Gasteiger partial charge in [0.1, 0.15) is 10.8 Å². The third-order valence-corrected chi connectivity index (χ3v) is 2.72. The van der Waals surface area contributed by atoms with E-state index in [9.17, 15) is 4.79 Å². The summed E-state index contributed by atoms with van der Waals surface area (Å²) < 4.78 is 8.76. The molecule has 0 aliphatic heterocycles. The van der Waals surface area contributed by atoms with Crippen molar-refractivity contribution in [2.45, 2.75) is 0 Å². The van der Waals surface area contributed by atoms with Crippen molar-refractivity contribution in [3.63, 3.8) is 0 Å². The molecule has 0 saturated carbocycles. The molecule has 0 radical (unpaired) electrons. The lowest BCUT2D eigenvalue weighted by Gasteiger charge is -1.99. The van der Waals surface area contributed by atoms with Gasteiger partial charge in [-0.05, 0) is 35.8 Å². The lowest BCUT2D eigenvalue weighted by molar-refractivity contribution is 0.0685. The first-order valence-corrected chi connectivity index (χ1v) is 5.19. The highest BCUT2D eigenvalue weighted by atomic mass is 32.1. The van der Waals surface area contributed by atoms with E-state index in [1.165, 1.54) is 0 Å². The average Bonchev–Trinajstić information content (AvgIpc) is 2.78. The van der Waals surface area contributed by atoms with Gasteiger partial charge in [0.05, 0.1) is 7.11 Å². The zero-order valence-corrected chi connectivity index (χ0v) is 9.19. The lowest BCUT2D eigenvalue weighted by atomic mass is 10.2. The Labute approximate surface area is 95.5 Å². The first-order valence-electron chi connectivity index (χ1n) is 4.42. The Morgan fingerprint density at radius 2 is 2.06 bits per heavy atom. The number of aromatic nitrogens is 2. The number of nitrogens with zero attached hydrogens (tertiary/aromatic N) is 2. The fourth-order valence-electron chi connectivity index (χ4n) is 1.16. The number of aromatic carboxylic acids is 1. The molecule has 0 saturated heterocycles. The van der Waals surface area contributed by atoms with E-state index < -0.39 is 5.97 Å². The summed E-state index contributed by atoms with van der Waals surface area (Å²) in [4.78, 5) is 14.5. The fourth-order valence-corrected chi connectivity index (χ4v) is 1.82. The van der Waals surface area contributed by atoms with Gasteiger partial charge in [0.25, 0.3) is 5.82 Å². The molecule has 16 heavy (non-hydrogen) atoms. The van der Waals surface area contributed by atoms with E-state index in [4.69, 9.17) is 9.84 Å². The number of rotatable bonds is 3. The summed E-state index contributed by atoms with van der Waals surface area (Å²) >= 11 is 1.06. The first-order chi connectivity index (χ1) is 7.70. The second-order valence-electron chi connectivity index (χ2n) is 2.96. The van der Waals surface area contributed by atoms with Gasteiger partial charge in [-0.1, -0.05) is 0 Å². The highest BCUT2D eigenvalue weighted by molar-refractivity contribution is 7.09. The van der Waals surface area contributed by atoms with Crippen LogP contribution in [0.15, 0.2) is 24.3 Å². The second kappa shape index (κ2) is 4.28. The number of carboxylic acids is 1. The molecule has 0 spiro atoms. The van der Waals surface area contributed by atoms with Gasteiger partial charge in [0, 0.05) is 5.56 Å². The molecule has 0 atom stereocenters. The zero-order chi connectivity index (χ0) is 11.5. The SMILES string of the molecule is COc1ccc(-c2nc(C(=O)O)ns2)cc1. The standard InChI is InChI=1S/C10H8N2O3S/c1-15-7-4-2-6(3-5-7)9-11-8(10(13)14)12-16-9/h2-5H,1H3,(H,13,14). The molecule has 1 aromatic carbocycles. The van der Waals surface area contributed by atoms with E-state index >= 15 is 0 Å². The number of methoxy groups -OCH3 is 1. The molecule has 0 aliphatic carbocycles. The maximum atomic E-state index is 10.6. The normalized spacial score (nSPS) is 10.1. The van der Waals surface area contributed by atoms with Crippen molar-refractivity contribution < 1.29 is 14.6 Å². The van der Waals surface area contributed by atoms with Crippen LogP contribution in [0.3, 0.4) is 0 Å². The molecular formula is C10H8N2O3S. The van der Waals surface area contributed by atoms with Crippen LogP contribution < -0.4 is 4.74 Å². The summed E-state index contributed by atoms with van der Waals surface area (Å²) in [6.07, 6.45) is 0. The zero-order valence-electron chi connectivity index (χ0n) is 8.38. The molecule has 2 aromatic rings. The maximum absolute atomic E-state index is 10.6. The summed E-state index contributed by atoms with van der Waals surface area (Å²) in [5, 5.41) is 9.27. The van der Waals surface area contributed by atoms with Crippen molar-refractivity contribution in [3.05, 3.63) is 30.1 Å². The van der Waals surface area contributed by atoms with Crippen LogP contribution in [0.4, 0.5) is 0 Å². The minimum Gasteiger partial charge on any atom is -0.497 e. The maximum Gasteiger partial charge on any atom is 0.375 e. The van der Waals surface area contributed by atoms with Crippen LogP contribution in [0.25, 0.3) is 10.6 Å². The van der Waals surface area contributed by atoms with Gasteiger partial charge in [-0.15, -0.1) is 0 Å². The number of carbonyl (C=O) groups is 1. The largest absolute Gasteiger partial charge is 0.497 e. The predicted octanol–water partition coefficient (Wildman–Crippen LogP) is 1.91. The highest BCUT2D eigenvalue weighted by Crippen LogP contribution is 2.23. The average molecular weight is 236 g/mol. The Hall–Kier alpha value is -1.95. The van der Waals surface area contributed by atoms with Gasteiger partial charge >= 0.3 is 5.97 Å². The molecule has 5 nitrogen and oxygen atoms in total. The van der Waals surface area contributed by atoms with Crippen molar-refractivity contribution in [2.24, 2.45) is 0 Å². The van der Waals surface area contributed by atoms with E-state index in [0.717, 1.165) is 22.8 Å². The van der Waals surface area contributed by atoms with Crippen LogP contribution in [0.2, 0.25) is 0 Å². The van der Waals surface area contributed by atoms with Gasteiger partial charge in [-0.3, -0.25) is 0 Å². The van der Waals surface area contributed by atoms with E-state index in [-0.39, 0.29) is 5.82 Å². The molecule has 1 aromatic heterocycles. The van der Waals surface area contributed by atoms with Crippen molar-refractivity contribution in [3.8, 4) is 16.3 Å². The van der Waals surface area contributed by atoms with E-state index in [1.807, 2.05) is 12.1 Å². The molecule has 0 unspecified atom stereocenters. The van der Waals surface area contributed by atoms with Gasteiger partial charge in [-0.2, -0.15) is 4.37 Å². The Kier molecular flexibility index (Phi) is 2.82. The van der Waals surface area contributed by atoms with E-state index in [0.29, 0.717) is 5.01 Å². The number of hydrogen-bond acceptors (Lipinski definition) is 5. The van der Waals surface area contributed by atoms with Crippen molar-refractivity contribution >= 4 is 17.5 Å². The minimum atomic E-state index is -1.11. The molecule has 0 amide bonds. The predicted molar refractivity (Wildman–Crippen MR) is 58.9 cm³/mol. The molecule has 2 rings (SSSR count). The van der Waals surface area contributed by atoms with Gasteiger partial charge in [-0.25, -0.2) is 9.78 Å². The van der Waals surface area contributed by atoms with Gasteiger partial charge in [0.15, 0.2) is 0 Å². The van der Waals surface area contributed by atoms with Crippen LogP contribution in [0.5, 0.6) is 5.75 Å². The second-order valence-corrected chi connectivity index (χ2v) is 3.71. The first kappa shape index (κ1) is 10.6. The van der Waals surface area contributed by atoms with E-state index in [2.05, 4.69) is 9.36 Å². The molecule has 82 valence electrons. The summed E-state index contributed by atoms with van der Waals surface area (Å²) in [6.45, 7) is 0. The molecule has 1 N–H and O–H groups in total. The van der Waals surface area contributed by atoms with Gasteiger partial charge in [0.2, 0.25) is 0 Å². The third kappa shape index (κ3) is 2.01. The highest BCUT2D eigenvalue weighted by Gasteiger charge is 2.11. The number of carboxylic acid groups (broad SMARTS) is 1. The lowest BCUT2D eigenvalue weighted by Crippen LogP contribution is -1.98.